The van der Waals surface area contributed by atoms with Crippen molar-refractivity contribution >= 4 is 0 Å². The fraction of sp³-hybridized carbons (Fsp3) is 1.00. The van der Waals surface area contributed by atoms with Crippen LogP contribution in [0.5, 0.6) is 0 Å². The van der Waals surface area contributed by atoms with Crippen LogP contribution in [0, 0.1) is 11.8 Å². The molecular formula is C13H28N2. The van der Waals surface area contributed by atoms with Crippen LogP contribution < -0.4 is 5.32 Å². The first-order chi connectivity index (χ1) is 7.13. The molecule has 0 saturated heterocycles. The van der Waals surface area contributed by atoms with Crippen molar-refractivity contribution in [2.75, 3.05) is 26.7 Å². The van der Waals surface area contributed by atoms with Crippen LogP contribution >= 0.6 is 0 Å². The Morgan fingerprint density at radius 2 is 2.07 bits per heavy atom. The second-order valence-corrected chi connectivity index (χ2v) is 5.47. The zero-order chi connectivity index (χ0) is 11.3. The minimum atomic E-state index is 0.782. The molecule has 0 aromatic heterocycles. The topological polar surface area (TPSA) is 15.3 Å². The second-order valence-electron chi connectivity index (χ2n) is 5.47. The molecule has 1 fully saturated rings. The molecule has 0 bridgehead atoms. The summed E-state index contributed by atoms with van der Waals surface area (Å²) in [5.74, 6) is 1.67. The Kier molecular flexibility index (Phi) is 5.62. The van der Waals surface area contributed by atoms with E-state index in [1.807, 2.05) is 0 Å². The molecule has 2 unspecified atom stereocenters. The van der Waals surface area contributed by atoms with Gasteiger partial charge in [-0.15, -0.1) is 0 Å². The summed E-state index contributed by atoms with van der Waals surface area (Å²) in [6.07, 6.45) is 4.21. The van der Waals surface area contributed by atoms with Gasteiger partial charge in [0.15, 0.2) is 0 Å². The number of rotatable bonds is 6. The SMILES string of the molecule is CCNC1CCCC1CN(C)CC(C)C. The molecule has 1 rings (SSSR count). The highest BCUT2D eigenvalue weighted by Gasteiger charge is 2.27. The van der Waals surface area contributed by atoms with Crippen molar-refractivity contribution in [3.05, 3.63) is 0 Å². The van der Waals surface area contributed by atoms with Gasteiger partial charge in [0.1, 0.15) is 0 Å². The molecule has 0 aliphatic heterocycles. The Hall–Kier alpha value is -0.0800. The third-order valence-electron chi connectivity index (χ3n) is 3.35. The molecule has 2 nitrogen and oxygen atoms in total. The van der Waals surface area contributed by atoms with Crippen molar-refractivity contribution in [2.45, 2.75) is 46.1 Å². The van der Waals surface area contributed by atoms with E-state index in [0.29, 0.717) is 0 Å². The molecule has 1 aliphatic carbocycles. The Morgan fingerprint density at radius 1 is 1.33 bits per heavy atom. The number of hydrogen-bond donors (Lipinski definition) is 1. The highest BCUT2D eigenvalue weighted by molar-refractivity contribution is 4.84. The highest BCUT2D eigenvalue weighted by atomic mass is 15.1. The quantitative estimate of drug-likeness (QED) is 0.727. The van der Waals surface area contributed by atoms with Crippen molar-refractivity contribution < 1.29 is 0 Å². The van der Waals surface area contributed by atoms with Crippen LogP contribution in [-0.4, -0.2) is 37.6 Å². The van der Waals surface area contributed by atoms with E-state index >= 15 is 0 Å². The van der Waals surface area contributed by atoms with E-state index in [1.54, 1.807) is 0 Å². The Balaban J connectivity index is 2.29. The molecule has 15 heavy (non-hydrogen) atoms. The fourth-order valence-electron chi connectivity index (χ4n) is 2.88. The predicted molar refractivity (Wildman–Crippen MR) is 67.1 cm³/mol. The van der Waals surface area contributed by atoms with Gasteiger partial charge in [0.05, 0.1) is 0 Å². The van der Waals surface area contributed by atoms with Crippen LogP contribution in [0.25, 0.3) is 0 Å². The zero-order valence-corrected chi connectivity index (χ0v) is 10.9. The van der Waals surface area contributed by atoms with Crippen LogP contribution in [-0.2, 0) is 0 Å². The average molecular weight is 212 g/mol. The van der Waals surface area contributed by atoms with Gasteiger partial charge >= 0.3 is 0 Å². The van der Waals surface area contributed by atoms with E-state index in [4.69, 9.17) is 0 Å². The Labute approximate surface area is 95.4 Å². The first-order valence-corrected chi connectivity index (χ1v) is 6.55. The number of hydrogen-bond acceptors (Lipinski definition) is 2. The first kappa shape index (κ1) is 13.0. The summed E-state index contributed by atoms with van der Waals surface area (Å²) in [6, 6.07) is 0.782. The minimum Gasteiger partial charge on any atom is -0.314 e. The molecule has 0 aromatic rings. The van der Waals surface area contributed by atoms with Gasteiger partial charge in [0.25, 0.3) is 0 Å². The molecule has 2 heteroatoms. The van der Waals surface area contributed by atoms with Gasteiger partial charge in [0.2, 0.25) is 0 Å². The number of nitrogens with zero attached hydrogens (tertiary/aromatic N) is 1. The highest BCUT2D eigenvalue weighted by Crippen LogP contribution is 2.26. The molecule has 1 saturated carbocycles. The lowest BCUT2D eigenvalue weighted by Crippen LogP contribution is -2.39. The Morgan fingerprint density at radius 3 is 2.67 bits per heavy atom. The molecule has 90 valence electrons. The minimum absolute atomic E-state index is 0.782. The van der Waals surface area contributed by atoms with Crippen molar-refractivity contribution in [3.63, 3.8) is 0 Å². The molecule has 0 amide bonds. The molecule has 2 atom stereocenters. The van der Waals surface area contributed by atoms with E-state index in [2.05, 4.69) is 38.0 Å². The van der Waals surface area contributed by atoms with Gasteiger partial charge in [-0.25, -0.2) is 0 Å². The van der Waals surface area contributed by atoms with Crippen LogP contribution in [0.1, 0.15) is 40.0 Å². The monoisotopic (exact) mass is 212 g/mol. The van der Waals surface area contributed by atoms with Gasteiger partial charge in [-0.3, -0.25) is 0 Å². The number of nitrogens with one attached hydrogen (secondary N) is 1. The summed E-state index contributed by atoms with van der Waals surface area (Å²) in [4.78, 5) is 2.50. The van der Waals surface area contributed by atoms with Crippen molar-refractivity contribution in [1.82, 2.24) is 10.2 Å². The predicted octanol–water partition coefficient (Wildman–Crippen LogP) is 2.35. The van der Waals surface area contributed by atoms with E-state index in [9.17, 15) is 0 Å². The van der Waals surface area contributed by atoms with Gasteiger partial charge in [-0.2, -0.15) is 0 Å². The summed E-state index contributed by atoms with van der Waals surface area (Å²) in [5.41, 5.74) is 0. The normalized spacial score (nSPS) is 26.8. The van der Waals surface area contributed by atoms with Gasteiger partial charge in [0, 0.05) is 19.1 Å². The van der Waals surface area contributed by atoms with Crippen LogP contribution in [0.2, 0.25) is 0 Å². The Bertz CT molecular complexity index is 168. The third-order valence-corrected chi connectivity index (χ3v) is 3.35. The molecule has 1 N–H and O–H groups in total. The standard InChI is InChI=1S/C13H28N2/c1-5-14-13-8-6-7-12(13)10-15(4)9-11(2)3/h11-14H,5-10H2,1-4H3. The summed E-state index contributed by atoms with van der Waals surface area (Å²) < 4.78 is 0. The summed E-state index contributed by atoms with van der Waals surface area (Å²) in [7, 11) is 2.27. The molecule has 1 aliphatic rings. The molecule has 0 aromatic carbocycles. The van der Waals surface area contributed by atoms with Gasteiger partial charge < -0.3 is 10.2 Å². The van der Waals surface area contributed by atoms with E-state index in [-0.39, 0.29) is 0 Å². The van der Waals surface area contributed by atoms with E-state index in [1.165, 1.54) is 32.4 Å². The zero-order valence-electron chi connectivity index (χ0n) is 10.9. The van der Waals surface area contributed by atoms with Crippen LogP contribution in [0.3, 0.4) is 0 Å². The van der Waals surface area contributed by atoms with Crippen LogP contribution in [0.4, 0.5) is 0 Å². The van der Waals surface area contributed by atoms with Crippen LogP contribution in [0.15, 0.2) is 0 Å². The lowest BCUT2D eigenvalue weighted by molar-refractivity contribution is 0.231. The maximum atomic E-state index is 3.63. The molecular weight excluding hydrogens is 184 g/mol. The summed E-state index contributed by atoms with van der Waals surface area (Å²) in [6.45, 7) is 10.4. The summed E-state index contributed by atoms with van der Waals surface area (Å²) >= 11 is 0. The molecule has 0 radical (unpaired) electrons. The fourth-order valence-corrected chi connectivity index (χ4v) is 2.88. The van der Waals surface area contributed by atoms with Gasteiger partial charge in [-0.1, -0.05) is 27.2 Å². The smallest absolute Gasteiger partial charge is 0.0107 e. The summed E-state index contributed by atoms with van der Waals surface area (Å²) in [5, 5.41) is 3.63. The van der Waals surface area contributed by atoms with Crippen molar-refractivity contribution in [3.8, 4) is 0 Å². The van der Waals surface area contributed by atoms with E-state index < -0.39 is 0 Å². The first-order valence-electron chi connectivity index (χ1n) is 6.55. The molecule has 0 heterocycles. The van der Waals surface area contributed by atoms with Gasteiger partial charge in [-0.05, 0) is 38.3 Å². The lowest BCUT2D eigenvalue weighted by Gasteiger charge is -2.27. The molecule has 0 spiro atoms. The average Bonchev–Trinajstić information content (AvgIpc) is 2.52. The third kappa shape index (κ3) is 4.52. The van der Waals surface area contributed by atoms with Crippen molar-refractivity contribution in [1.29, 1.82) is 0 Å². The maximum absolute atomic E-state index is 3.63. The van der Waals surface area contributed by atoms with E-state index in [0.717, 1.165) is 24.4 Å². The largest absolute Gasteiger partial charge is 0.314 e. The van der Waals surface area contributed by atoms with Crippen molar-refractivity contribution in [2.24, 2.45) is 11.8 Å². The second kappa shape index (κ2) is 6.49. The lowest BCUT2D eigenvalue weighted by atomic mass is 10.0. The maximum Gasteiger partial charge on any atom is 0.0107 e.